The minimum absolute atomic E-state index is 0.0675. The Morgan fingerprint density at radius 2 is 1.97 bits per heavy atom. The maximum atomic E-state index is 13.1. The van der Waals surface area contributed by atoms with Gasteiger partial charge in [-0.15, -0.1) is 11.8 Å². The number of rotatable bonds is 6. The standard InChI is InChI=1S/C23H28F3N3O3S/c24-23(25,26)15-6-8-19-18(10-15)27-21-20(33-12-16(31)11-30)22(28-29(19)21)32-17-7-5-13-3-1-2-4-14(13)9-17/h6,8,10,13-14,16-17,28,30-31H,1-5,7,9,11-12H2. The van der Waals surface area contributed by atoms with Crippen molar-refractivity contribution in [3.8, 4) is 5.88 Å². The van der Waals surface area contributed by atoms with Gasteiger partial charge in [-0.1, -0.05) is 25.7 Å². The van der Waals surface area contributed by atoms with Crippen LogP contribution in [0.5, 0.6) is 5.88 Å². The molecule has 2 aliphatic carbocycles. The van der Waals surface area contributed by atoms with E-state index in [9.17, 15) is 23.4 Å². The lowest BCUT2D eigenvalue weighted by Crippen LogP contribution is -2.33. The van der Waals surface area contributed by atoms with Gasteiger partial charge in [0.25, 0.3) is 0 Å². The van der Waals surface area contributed by atoms with E-state index in [-0.39, 0.29) is 24.0 Å². The molecule has 4 unspecified atom stereocenters. The number of nitrogens with zero attached hydrogens (tertiary/aromatic N) is 2. The van der Waals surface area contributed by atoms with Crippen molar-refractivity contribution >= 4 is 28.4 Å². The molecule has 2 saturated carbocycles. The Bertz CT molecular complexity index is 1130. The number of aliphatic hydroxyl groups is 2. The molecule has 0 spiro atoms. The molecule has 5 rings (SSSR count). The van der Waals surface area contributed by atoms with Gasteiger partial charge in [-0.3, -0.25) is 5.10 Å². The number of aromatic amines is 1. The number of hydrogen-bond donors (Lipinski definition) is 3. The predicted molar refractivity (Wildman–Crippen MR) is 120 cm³/mol. The molecule has 0 saturated heterocycles. The summed E-state index contributed by atoms with van der Waals surface area (Å²) >= 11 is 1.28. The highest BCUT2D eigenvalue weighted by molar-refractivity contribution is 7.99. The second kappa shape index (κ2) is 9.03. The molecule has 0 bridgehead atoms. The summed E-state index contributed by atoms with van der Waals surface area (Å²) in [7, 11) is 0. The van der Waals surface area contributed by atoms with Crippen LogP contribution in [0.25, 0.3) is 16.7 Å². The van der Waals surface area contributed by atoms with Crippen LogP contribution in [0.15, 0.2) is 23.1 Å². The minimum atomic E-state index is -4.44. The fourth-order valence-corrected chi connectivity index (χ4v) is 6.28. The number of aliphatic hydroxyl groups excluding tert-OH is 2. The molecule has 0 radical (unpaired) electrons. The van der Waals surface area contributed by atoms with Gasteiger partial charge in [0.1, 0.15) is 11.0 Å². The molecular formula is C23H28F3N3O3S. The van der Waals surface area contributed by atoms with Crippen LogP contribution in [-0.2, 0) is 6.18 Å². The molecule has 10 heteroatoms. The monoisotopic (exact) mass is 483 g/mol. The highest BCUT2D eigenvalue weighted by atomic mass is 32.2. The molecule has 3 N–H and O–H groups in total. The number of H-pyrrole nitrogens is 1. The average Bonchev–Trinajstić information content (AvgIpc) is 3.31. The largest absolute Gasteiger partial charge is 0.474 e. The van der Waals surface area contributed by atoms with Crippen molar-refractivity contribution < 1.29 is 28.1 Å². The summed E-state index contributed by atoms with van der Waals surface area (Å²) in [5.41, 5.74) is 0.463. The Kier molecular flexibility index (Phi) is 6.26. The number of alkyl halides is 3. The van der Waals surface area contributed by atoms with E-state index in [1.165, 1.54) is 43.5 Å². The van der Waals surface area contributed by atoms with Gasteiger partial charge in [-0.25, -0.2) is 9.50 Å². The van der Waals surface area contributed by atoms with Gasteiger partial charge in [0.05, 0.1) is 29.3 Å². The molecule has 6 nitrogen and oxygen atoms in total. The van der Waals surface area contributed by atoms with E-state index < -0.39 is 17.8 Å². The normalized spacial score (nSPS) is 24.8. The van der Waals surface area contributed by atoms with Gasteiger partial charge in [0, 0.05) is 5.75 Å². The van der Waals surface area contributed by atoms with E-state index in [1.807, 2.05) is 0 Å². The van der Waals surface area contributed by atoms with Crippen LogP contribution in [0.3, 0.4) is 0 Å². The van der Waals surface area contributed by atoms with E-state index in [2.05, 4.69) is 10.1 Å². The zero-order valence-electron chi connectivity index (χ0n) is 18.1. The van der Waals surface area contributed by atoms with Crippen LogP contribution in [0, 0.1) is 11.8 Å². The summed E-state index contributed by atoms with van der Waals surface area (Å²) in [5.74, 6) is 2.21. The first kappa shape index (κ1) is 22.9. The second-order valence-corrected chi connectivity index (χ2v) is 10.3. The summed E-state index contributed by atoms with van der Waals surface area (Å²) in [4.78, 5) is 5.10. The molecule has 2 fully saturated rings. The molecule has 0 aliphatic heterocycles. The van der Waals surface area contributed by atoms with Crippen molar-refractivity contribution in [3.05, 3.63) is 23.8 Å². The number of ether oxygens (including phenoxy) is 1. The summed E-state index contributed by atoms with van der Waals surface area (Å²) < 4.78 is 47.5. The van der Waals surface area contributed by atoms with Crippen molar-refractivity contribution in [2.45, 2.75) is 68.2 Å². The van der Waals surface area contributed by atoms with Crippen molar-refractivity contribution in [1.29, 1.82) is 0 Å². The van der Waals surface area contributed by atoms with E-state index >= 15 is 0 Å². The summed E-state index contributed by atoms with van der Waals surface area (Å²) in [6.07, 6.45) is 2.98. The lowest BCUT2D eigenvalue weighted by Gasteiger charge is -2.39. The maximum Gasteiger partial charge on any atom is 0.416 e. The number of benzene rings is 1. The fourth-order valence-electron chi connectivity index (χ4n) is 5.32. The minimum Gasteiger partial charge on any atom is -0.474 e. The zero-order chi connectivity index (χ0) is 23.2. The van der Waals surface area contributed by atoms with Gasteiger partial charge in [-0.05, 0) is 49.3 Å². The third kappa shape index (κ3) is 4.57. The van der Waals surface area contributed by atoms with Crippen LogP contribution in [-0.4, -0.2) is 49.4 Å². The van der Waals surface area contributed by atoms with Crippen LogP contribution < -0.4 is 4.74 Å². The van der Waals surface area contributed by atoms with Gasteiger partial charge < -0.3 is 14.9 Å². The summed E-state index contributed by atoms with van der Waals surface area (Å²) in [6, 6.07) is 3.49. The molecule has 2 heterocycles. The number of nitrogens with one attached hydrogen (secondary N) is 1. The van der Waals surface area contributed by atoms with E-state index in [1.54, 1.807) is 4.52 Å². The lowest BCUT2D eigenvalue weighted by atomic mass is 9.70. The van der Waals surface area contributed by atoms with Crippen molar-refractivity contribution in [2.24, 2.45) is 11.8 Å². The molecule has 2 aliphatic rings. The third-order valence-electron chi connectivity index (χ3n) is 7.01. The Labute approximate surface area is 193 Å². The molecule has 4 atom stereocenters. The van der Waals surface area contributed by atoms with Gasteiger partial charge in [0.15, 0.2) is 5.65 Å². The number of aromatic nitrogens is 3. The Balaban J connectivity index is 1.47. The number of halogens is 3. The van der Waals surface area contributed by atoms with Crippen LogP contribution in [0.1, 0.15) is 50.5 Å². The molecule has 3 aromatic rings. The fraction of sp³-hybridized carbons (Fsp3) is 0.609. The van der Waals surface area contributed by atoms with E-state index in [0.717, 1.165) is 37.3 Å². The molecular weight excluding hydrogens is 455 g/mol. The first-order chi connectivity index (χ1) is 15.8. The molecule has 180 valence electrons. The van der Waals surface area contributed by atoms with Crippen molar-refractivity contribution in [2.75, 3.05) is 12.4 Å². The van der Waals surface area contributed by atoms with Crippen LogP contribution in [0.4, 0.5) is 13.2 Å². The summed E-state index contributed by atoms with van der Waals surface area (Å²) in [5, 5.41) is 22.3. The highest BCUT2D eigenvalue weighted by Gasteiger charge is 2.34. The van der Waals surface area contributed by atoms with Gasteiger partial charge in [0.2, 0.25) is 5.88 Å². The topological polar surface area (TPSA) is 82.8 Å². The first-order valence-electron chi connectivity index (χ1n) is 11.5. The Hall–Kier alpha value is -1.91. The highest BCUT2D eigenvalue weighted by Crippen LogP contribution is 2.43. The van der Waals surface area contributed by atoms with E-state index in [4.69, 9.17) is 4.74 Å². The first-order valence-corrected chi connectivity index (χ1v) is 12.5. The Morgan fingerprint density at radius 1 is 1.18 bits per heavy atom. The molecule has 1 aromatic carbocycles. The number of fused-ring (bicyclic) bond motifs is 4. The maximum absolute atomic E-state index is 13.1. The Morgan fingerprint density at radius 3 is 2.73 bits per heavy atom. The quantitative estimate of drug-likeness (QED) is 0.429. The summed E-state index contributed by atoms with van der Waals surface area (Å²) in [6.45, 7) is -0.374. The number of thioether (sulfide) groups is 1. The second-order valence-electron chi connectivity index (χ2n) is 9.25. The SMILES string of the molecule is OCC(O)CSc1c(OC2CCC3CCCCC3C2)[nH]n2c1nc1cc(C(F)(F)F)ccc12. The van der Waals surface area contributed by atoms with Crippen molar-refractivity contribution in [1.82, 2.24) is 14.6 Å². The molecule has 2 aromatic heterocycles. The molecule has 0 amide bonds. The average molecular weight is 484 g/mol. The van der Waals surface area contributed by atoms with Gasteiger partial charge >= 0.3 is 6.18 Å². The molecule has 33 heavy (non-hydrogen) atoms. The number of imidazole rings is 1. The van der Waals surface area contributed by atoms with Crippen LogP contribution in [0.2, 0.25) is 0 Å². The zero-order valence-corrected chi connectivity index (χ0v) is 19.0. The third-order valence-corrected chi connectivity index (χ3v) is 8.22. The van der Waals surface area contributed by atoms with E-state index in [0.29, 0.717) is 27.9 Å². The van der Waals surface area contributed by atoms with Gasteiger partial charge in [-0.2, -0.15) is 13.2 Å². The van der Waals surface area contributed by atoms with Crippen molar-refractivity contribution in [3.63, 3.8) is 0 Å². The lowest BCUT2D eigenvalue weighted by molar-refractivity contribution is -0.137. The smallest absolute Gasteiger partial charge is 0.416 e. The number of hydrogen-bond acceptors (Lipinski definition) is 5. The predicted octanol–water partition coefficient (Wildman–Crippen LogP) is 5.02. The van der Waals surface area contributed by atoms with Crippen LogP contribution >= 0.6 is 11.8 Å².